The van der Waals surface area contributed by atoms with Crippen LogP contribution >= 0.6 is 0 Å². The highest BCUT2D eigenvalue weighted by Crippen LogP contribution is 2.22. The third-order valence-electron chi connectivity index (χ3n) is 4.88. The Balaban J connectivity index is 1.50. The van der Waals surface area contributed by atoms with Crippen molar-refractivity contribution in [3.05, 3.63) is 35.4 Å². The number of carbonyl (C=O) groups excluding carboxylic acids is 1. The molecular formula is C18H26N2O. The van der Waals surface area contributed by atoms with Gasteiger partial charge in [0.1, 0.15) is 0 Å². The molecule has 2 heterocycles. The number of amides is 1. The molecule has 2 aliphatic heterocycles. The van der Waals surface area contributed by atoms with Crippen molar-refractivity contribution in [3.8, 4) is 0 Å². The van der Waals surface area contributed by atoms with E-state index >= 15 is 0 Å². The van der Waals surface area contributed by atoms with Crippen LogP contribution < -0.4 is 0 Å². The molecule has 0 unspecified atom stereocenters. The summed E-state index contributed by atoms with van der Waals surface area (Å²) in [6.07, 6.45) is 5.32. The highest BCUT2D eigenvalue weighted by Gasteiger charge is 2.29. The number of hydrogen-bond acceptors (Lipinski definition) is 2. The van der Waals surface area contributed by atoms with E-state index < -0.39 is 0 Å². The Morgan fingerprint density at radius 2 is 1.76 bits per heavy atom. The molecule has 0 saturated carbocycles. The van der Waals surface area contributed by atoms with Crippen LogP contribution in [0.2, 0.25) is 0 Å². The average Bonchev–Trinajstić information content (AvgIpc) is 2.51. The highest BCUT2D eigenvalue weighted by molar-refractivity contribution is 5.77. The van der Waals surface area contributed by atoms with Gasteiger partial charge in [-0.05, 0) is 38.2 Å². The third kappa shape index (κ3) is 3.65. The Labute approximate surface area is 127 Å². The lowest BCUT2D eigenvalue weighted by atomic mass is 9.99. The first-order valence-electron chi connectivity index (χ1n) is 8.30. The molecule has 0 N–H and O–H groups in total. The van der Waals surface area contributed by atoms with Gasteiger partial charge >= 0.3 is 0 Å². The number of hydrogen-bond donors (Lipinski definition) is 0. The van der Waals surface area contributed by atoms with Gasteiger partial charge in [0.2, 0.25) is 5.91 Å². The Morgan fingerprint density at radius 1 is 1.05 bits per heavy atom. The summed E-state index contributed by atoms with van der Waals surface area (Å²) in [4.78, 5) is 16.7. The smallest absolute Gasteiger partial charge is 0.222 e. The van der Waals surface area contributed by atoms with Crippen LogP contribution in [-0.4, -0.2) is 41.4 Å². The Kier molecular flexibility index (Phi) is 4.59. The maximum absolute atomic E-state index is 12.0. The molecule has 0 spiro atoms. The van der Waals surface area contributed by atoms with Crippen LogP contribution in [0.5, 0.6) is 0 Å². The lowest BCUT2D eigenvalue weighted by Crippen LogP contribution is -2.48. The molecule has 1 aromatic rings. The molecule has 2 saturated heterocycles. The Bertz CT molecular complexity index is 474. The van der Waals surface area contributed by atoms with Crippen molar-refractivity contribution in [2.24, 2.45) is 0 Å². The number of likely N-dealkylation sites (tertiary alicyclic amines) is 2. The van der Waals surface area contributed by atoms with Gasteiger partial charge in [0.25, 0.3) is 0 Å². The zero-order valence-electron chi connectivity index (χ0n) is 13.1. The summed E-state index contributed by atoms with van der Waals surface area (Å²) < 4.78 is 0. The largest absolute Gasteiger partial charge is 0.340 e. The minimum absolute atomic E-state index is 0.387. The Morgan fingerprint density at radius 3 is 2.43 bits per heavy atom. The van der Waals surface area contributed by atoms with Crippen molar-refractivity contribution in [1.82, 2.24) is 9.80 Å². The summed E-state index contributed by atoms with van der Waals surface area (Å²) in [5.74, 6) is 0.387. The van der Waals surface area contributed by atoms with Crippen molar-refractivity contribution in [3.63, 3.8) is 0 Å². The molecule has 3 heteroatoms. The fourth-order valence-corrected chi connectivity index (χ4v) is 3.55. The maximum Gasteiger partial charge on any atom is 0.222 e. The van der Waals surface area contributed by atoms with Gasteiger partial charge in [-0.15, -0.1) is 0 Å². The monoisotopic (exact) mass is 286 g/mol. The second kappa shape index (κ2) is 6.61. The maximum atomic E-state index is 12.0. The zero-order chi connectivity index (χ0) is 14.7. The molecule has 21 heavy (non-hydrogen) atoms. The number of nitrogens with zero attached hydrogens (tertiary/aromatic N) is 2. The molecule has 3 rings (SSSR count). The molecule has 0 bridgehead atoms. The standard InChI is InChI=1S/C18H26N2O/c1-15-5-7-16(8-6-15)14-19-12-9-17(10-13-19)20-11-3-2-4-18(20)21/h5-8,17H,2-4,9-14H2,1H3. The van der Waals surface area contributed by atoms with Crippen LogP contribution in [-0.2, 0) is 11.3 Å². The normalized spacial score (nSPS) is 21.8. The topological polar surface area (TPSA) is 23.6 Å². The molecular weight excluding hydrogens is 260 g/mol. The first-order valence-corrected chi connectivity index (χ1v) is 8.30. The first kappa shape index (κ1) is 14.6. The van der Waals surface area contributed by atoms with E-state index in [1.807, 2.05) is 0 Å². The second-order valence-electron chi connectivity index (χ2n) is 6.54. The average molecular weight is 286 g/mol. The second-order valence-corrected chi connectivity index (χ2v) is 6.54. The van der Waals surface area contributed by atoms with Gasteiger partial charge in [-0.25, -0.2) is 0 Å². The van der Waals surface area contributed by atoms with Gasteiger partial charge in [-0.3, -0.25) is 9.69 Å². The van der Waals surface area contributed by atoms with E-state index in [9.17, 15) is 4.79 Å². The summed E-state index contributed by atoms with van der Waals surface area (Å²) >= 11 is 0. The van der Waals surface area contributed by atoms with Crippen molar-refractivity contribution >= 4 is 5.91 Å². The van der Waals surface area contributed by atoms with Crippen LogP contribution in [0.15, 0.2) is 24.3 Å². The van der Waals surface area contributed by atoms with Crippen molar-refractivity contribution in [2.45, 2.75) is 51.6 Å². The molecule has 3 nitrogen and oxygen atoms in total. The Hall–Kier alpha value is -1.35. The molecule has 0 radical (unpaired) electrons. The minimum Gasteiger partial charge on any atom is -0.340 e. The van der Waals surface area contributed by atoms with Gasteiger partial charge < -0.3 is 4.90 Å². The van der Waals surface area contributed by atoms with E-state index in [4.69, 9.17) is 0 Å². The summed E-state index contributed by atoms with van der Waals surface area (Å²) in [5.41, 5.74) is 2.72. The van der Waals surface area contributed by atoms with E-state index in [1.165, 1.54) is 17.5 Å². The van der Waals surface area contributed by atoms with Gasteiger partial charge in [0, 0.05) is 38.6 Å². The zero-order valence-corrected chi connectivity index (χ0v) is 13.1. The van der Waals surface area contributed by atoms with Crippen molar-refractivity contribution in [2.75, 3.05) is 19.6 Å². The van der Waals surface area contributed by atoms with Crippen LogP contribution in [0.3, 0.4) is 0 Å². The van der Waals surface area contributed by atoms with Crippen LogP contribution in [0.4, 0.5) is 0 Å². The highest BCUT2D eigenvalue weighted by atomic mass is 16.2. The number of benzene rings is 1. The molecule has 1 aromatic carbocycles. The molecule has 0 aliphatic carbocycles. The molecule has 1 amide bonds. The number of aryl methyl sites for hydroxylation is 1. The minimum atomic E-state index is 0.387. The van der Waals surface area contributed by atoms with Gasteiger partial charge in [0.05, 0.1) is 0 Å². The van der Waals surface area contributed by atoms with Crippen LogP contribution in [0.25, 0.3) is 0 Å². The quantitative estimate of drug-likeness (QED) is 0.853. The molecule has 0 aromatic heterocycles. The van der Waals surface area contributed by atoms with E-state index in [1.54, 1.807) is 0 Å². The summed E-state index contributed by atoms with van der Waals surface area (Å²) in [5, 5.41) is 0. The lowest BCUT2D eigenvalue weighted by molar-refractivity contribution is -0.136. The van der Waals surface area contributed by atoms with E-state index in [0.717, 1.165) is 51.9 Å². The predicted octanol–water partition coefficient (Wildman–Crippen LogP) is 2.97. The van der Waals surface area contributed by atoms with Gasteiger partial charge in [-0.1, -0.05) is 29.8 Å². The number of rotatable bonds is 3. The first-order chi connectivity index (χ1) is 10.2. The summed E-state index contributed by atoms with van der Waals surface area (Å²) in [6.45, 7) is 6.39. The third-order valence-corrected chi connectivity index (χ3v) is 4.88. The predicted molar refractivity (Wildman–Crippen MR) is 85.0 cm³/mol. The van der Waals surface area contributed by atoms with E-state index in [0.29, 0.717) is 11.9 Å². The van der Waals surface area contributed by atoms with Gasteiger partial charge in [0.15, 0.2) is 0 Å². The summed E-state index contributed by atoms with van der Waals surface area (Å²) in [6, 6.07) is 9.33. The van der Waals surface area contributed by atoms with E-state index in [2.05, 4.69) is 41.0 Å². The van der Waals surface area contributed by atoms with Crippen molar-refractivity contribution < 1.29 is 4.79 Å². The number of piperidine rings is 2. The lowest BCUT2D eigenvalue weighted by Gasteiger charge is -2.40. The van der Waals surface area contributed by atoms with Crippen molar-refractivity contribution in [1.29, 1.82) is 0 Å². The van der Waals surface area contributed by atoms with Crippen LogP contribution in [0.1, 0.15) is 43.2 Å². The summed E-state index contributed by atoms with van der Waals surface area (Å²) in [7, 11) is 0. The fourth-order valence-electron chi connectivity index (χ4n) is 3.55. The van der Waals surface area contributed by atoms with Crippen LogP contribution in [0, 0.1) is 6.92 Å². The fraction of sp³-hybridized carbons (Fsp3) is 0.611. The molecule has 0 atom stereocenters. The number of carbonyl (C=O) groups is 1. The molecule has 2 aliphatic rings. The SMILES string of the molecule is Cc1ccc(CN2CCC(N3CCCCC3=O)CC2)cc1. The molecule has 114 valence electrons. The van der Waals surface area contributed by atoms with Gasteiger partial charge in [-0.2, -0.15) is 0 Å². The van der Waals surface area contributed by atoms with E-state index in [-0.39, 0.29) is 0 Å². The molecule has 2 fully saturated rings.